The van der Waals surface area contributed by atoms with E-state index < -0.39 is 10.0 Å². The number of nitrogens with zero attached hydrogens (tertiary/aromatic N) is 3. The Morgan fingerprint density at radius 2 is 1.67 bits per heavy atom. The van der Waals surface area contributed by atoms with Gasteiger partial charge in [-0.25, -0.2) is 13.4 Å². The van der Waals surface area contributed by atoms with Crippen molar-refractivity contribution in [3.05, 3.63) is 84.4 Å². The van der Waals surface area contributed by atoms with Crippen molar-refractivity contribution in [2.75, 3.05) is 48.9 Å². The lowest BCUT2D eigenvalue weighted by atomic mass is 10.2. The van der Waals surface area contributed by atoms with Gasteiger partial charge in [-0.2, -0.15) is 0 Å². The smallest absolute Gasteiger partial charge is 0.261 e. The van der Waals surface area contributed by atoms with E-state index in [-0.39, 0.29) is 10.8 Å². The number of carbonyl (C=O) groups excluding carboxylic acids is 1. The average molecular weight is 522 g/mol. The summed E-state index contributed by atoms with van der Waals surface area (Å²) in [6.45, 7) is 4.87. The summed E-state index contributed by atoms with van der Waals surface area (Å²) in [4.78, 5) is 22.2. The van der Waals surface area contributed by atoms with Crippen molar-refractivity contribution in [2.45, 2.75) is 4.90 Å². The monoisotopic (exact) mass is 521 g/mol. The molecule has 1 saturated heterocycles. The fourth-order valence-corrected chi connectivity index (χ4v) is 6.21. The summed E-state index contributed by atoms with van der Waals surface area (Å²) in [6.07, 6.45) is 0. The molecule has 3 aromatic carbocycles. The average Bonchev–Trinajstić information content (AvgIpc) is 3.34. The van der Waals surface area contributed by atoms with Crippen molar-refractivity contribution in [2.24, 2.45) is 0 Å². The number of benzene rings is 3. The largest absolute Gasteiger partial charge is 0.351 e. The highest BCUT2D eigenvalue weighted by molar-refractivity contribution is 7.92. The van der Waals surface area contributed by atoms with Gasteiger partial charge in [0.15, 0.2) is 5.13 Å². The normalized spacial score (nSPS) is 14.6. The number of hydrogen-bond donors (Lipinski definition) is 2. The number of amides is 1. The number of fused-ring (bicyclic) bond motifs is 1. The summed E-state index contributed by atoms with van der Waals surface area (Å²) in [5.41, 5.74) is 1.79. The standard InChI is InChI=1S/C26H27N5O3S2/c32-25(20-7-6-8-21(19-20)29-36(33,34)22-9-2-1-3-10-22)27-13-14-30-15-17-31(18-16-30)26-28-23-11-4-5-12-24(23)35-26/h1-12,19,29H,13-18H2,(H,27,32). The molecule has 0 saturated carbocycles. The number of piperazine rings is 1. The molecule has 1 aliphatic rings. The third-order valence-corrected chi connectivity index (χ3v) is 8.56. The molecule has 1 aliphatic heterocycles. The van der Waals surface area contributed by atoms with E-state index in [1.54, 1.807) is 53.8 Å². The van der Waals surface area contributed by atoms with Gasteiger partial charge in [0.2, 0.25) is 0 Å². The molecule has 186 valence electrons. The minimum atomic E-state index is -3.72. The fourth-order valence-electron chi connectivity index (χ4n) is 4.13. The van der Waals surface area contributed by atoms with Gasteiger partial charge in [0.25, 0.3) is 15.9 Å². The Hall–Kier alpha value is -3.47. The Bertz CT molecular complexity index is 1420. The van der Waals surface area contributed by atoms with Crippen LogP contribution in [0, 0.1) is 0 Å². The van der Waals surface area contributed by atoms with Crippen molar-refractivity contribution in [1.82, 2.24) is 15.2 Å². The van der Waals surface area contributed by atoms with Crippen LogP contribution in [0.4, 0.5) is 10.8 Å². The third-order valence-electron chi connectivity index (χ3n) is 6.07. The molecule has 8 nitrogen and oxygen atoms in total. The number of thiazole rings is 1. The quantitative estimate of drug-likeness (QED) is 0.368. The number of para-hydroxylation sites is 1. The molecule has 10 heteroatoms. The number of nitrogens with one attached hydrogen (secondary N) is 2. The molecule has 0 spiro atoms. The summed E-state index contributed by atoms with van der Waals surface area (Å²) in [5.74, 6) is -0.233. The van der Waals surface area contributed by atoms with E-state index in [0.717, 1.165) is 43.4 Å². The molecule has 0 unspecified atom stereocenters. The summed E-state index contributed by atoms with van der Waals surface area (Å²) in [7, 11) is -3.72. The van der Waals surface area contributed by atoms with E-state index in [9.17, 15) is 13.2 Å². The number of rotatable bonds is 8. The van der Waals surface area contributed by atoms with Crippen LogP contribution in [-0.4, -0.2) is 63.5 Å². The molecular weight excluding hydrogens is 494 g/mol. The van der Waals surface area contributed by atoms with Crippen molar-refractivity contribution in [3.63, 3.8) is 0 Å². The van der Waals surface area contributed by atoms with Crippen molar-refractivity contribution < 1.29 is 13.2 Å². The Kier molecular flexibility index (Phi) is 7.17. The Morgan fingerprint density at radius 1 is 0.917 bits per heavy atom. The van der Waals surface area contributed by atoms with Crippen LogP contribution in [0.5, 0.6) is 0 Å². The molecule has 1 aromatic heterocycles. The molecule has 0 atom stereocenters. The van der Waals surface area contributed by atoms with Crippen LogP contribution < -0.4 is 14.9 Å². The number of hydrogen-bond acceptors (Lipinski definition) is 7. The SMILES string of the molecule is O=C(NCCN1CCN(c2nc3ccccc3s2)CC1)c1cccc(NS(=O)(=O)c2ccccc2)c1. The first-order chi connectivity index (χ1) is 17.5. The molecule has 5 rings (SSSR count). The van der Waals surface area contributed by atoms with Crippen molar-refractivity contribution in [1.29, 1.82) is 0 Å². The van der Waals surface area contributed by atoms with Crippen LogP contribution in [0.25, 0.3) is 10.2 Å². The van der Waals surface area contributed by atoms with E-state index >= 15 is 0 Å². The van der Waals surface area contributed by atoms with E-state index in [4.69, 9.17) is 4.98 Å². The second-order valence-electron chi connectivity index (χ2n) is 8.55. The zero-order valence-electron chi connectivity index (χ0n) is 19.6. The summed E-state index contributed by atoms with van der Waals surface area (Å²) < 4.78 is 28.9. The lowest BCUT2D eigenvalue weighted by molar-refractivity contribution is 0.0948. The van der Waals surface area contributed by atoms with Crippen LogP contribution in [0.3, 0.4) is 0 Å². The van der Waals surface area contributed by atoms with Gasteiger partial charge in [-0.05, 0) is 42.5 Å². The zero-order valence-corrected chi connectivity index (χ0v) is 21.3. The van der Waals surface area contributed by atoms with E-state index in [1.165, 1.54) is 16.8 Å². The maximum atomic E-state index is 12.7. The van der Waals surface area contributed by atoms with Crippen molar-refractivity contribution >= 4 is 48.3 Å². The Morgan fingerprint density at radius 3 is 2.44 bits per heavy atom. The van der Waals surface area contributed by atoms with Crippen molar-refractivity contribution in [3.8, 4) is 0 Å². The highest BCUT2D eigenvalue weighted by atomic mass is 32.2. The zero-order chi connectivity index (χ0) is 25.0. The van der Waals surface area contributed by atoms with Gasteiger partial charge in [-0.3, -0.25) is 14.4 Å². The summed E-state index contributed by atoms with van der Waals surface area (Å²) >= 11 is 1.72. The summed E-state index contributed by atoms with van der Waals surface area (Å²) in [6, 6.07) is 22.8. The first-order valence-corrected chi connectivity index (χ1v) is 14.1. The molecule has 1 amide bonds. The predicted octanol–water partition coefficient (Wildman–Crippen LogP) is 3.65. The van der Waals surface area contributed by atoms with Gasteiger partial charge < -0.3 is 10.2 Å². The Balaban J connectivity index is 1.10. The molecule has 2 N–H and O–H groups in total. The van der Waals surface area contributed by atoms with Crippen LogP contribution in [0.1, 0.15) is 10.4 Å². The highest BCUT2D eigenvalue weighted by Gasteiger charge is 2.20. The predicted molar refractivity (Wildman–Crippen MR) is 144 cm³/mol. The lowest BCUT2D eigenvalue weighted by Crippen LogP contribution is -2.48. The van der Waals surface area contributed by atoms with Crippen LogP contribution in [0.15, 0.2) is 83.8 Å². The molecule has 0 bridgehead atoms. The fraction of sp³-hybridized carbons (Fsp3) is 0.231. The second-order valence-corrected chi connectivity index (χ2v) is 11.2. The molecule has 2 heterocycles. The number of sulfonamides is 1. The highest BCUT2D eigenvalue weighted by Crippen LogP contribution is 2.29. The lowest BCUT2D eigenvalue weighted by Gasteiger charge is -2.34. The first kappa shape index (κ1) is 24.2. The molecule has 4 aromatic rings. The van der Waals surface area contributed by atoms with Crippen LogP contribution in [-0.2, 0) is 10.0 Å². The van der Waals surface area contributed by atoms with Gasteiger partial charge in [0, 0.05) is 50.5 Å². The number of carbonyl (C=O) groups is 1. The van der Waals surface area contributed by atoms with Crippen LogP contribution >= 0.6 is 11.3 Å². The van der Waals surface area contributed by atoms with Crippen LogP contribution in [0.2, 0.25) is 0 Å². The van der Waals surface area contributed by atoms with Gasteiger partial charge in [-0.15, -0.1) is 0 Å². The van der Waals surface area contributed by atoms with E-state index in [1.807, 2.05) is 18.2 Å². The molecular formula is C26H27N5O3S2. The minimum absolute atomic E-state index is 0.170. The number of aromatic nitrogens is 1. The second kappa shape index (κ2) is 10.7. The van der Waals surface area contributed by atoms with Gasteiger partial charge >= 0.3 is 0 Å². The van der Waals surface area contributed by atoms with Gasteiger partial charge in [-0.1, -0.05) is 47.7 Å². The maximum Gasteiger partial charge on any atom is 0.261 e. The van der Waals surface area contributed by atoms with E-state index in [0.29, 0.717) is 17.8 Å². The van der Waals surface area contributed by atoms with Gasteiger partial charge in [0.05, 0.1) is 15.1 Å². The maximum absolute atomic E-state index is 12.7. The minimum Gasteiger partial charge on any atom is -0.351 e. The van der Waals surface area contributed by atoms with Gasteiger partial charge in [0.1, 0.15) is 0 Å². The third kappa shape index (κ3) is 5.67. The Labute approximate surface area is 214 Å². The first-order valence-electron chi connectivity index (χ1n) is 11.8. The molecule has 0 aliphatic carbocycles. The number of anilines is 2. The topological polar surface area (TPSA) is 94.6 Å². The van der Waals surface area contributed by atoms with E-state index in [2.05, 4.69) is 25.9 Å². The molecule has 36 heavy (non-hydrogen) atoms. The summed E-state index contributed by atoms with van der Waals surface area (Å²) in [5, 5.41) is 4.01. The molecule has 0 radical (unpaired) electrons. The molecule has 1 fully saturated rings.